The first-order valence-corrected chi connectivity index (χ1v) is 6.31. The zero-order chi connectivity index (χ0) is 10.5. The number of nitrogens with zero attached hydrogens (tertiary/aromatic N) is 1. The molecule has 3 rings (SSSR count). The number of aromatic nitrogens is 1. The number of carbonyl (C=O) groups excluding carboxylic acids is 1. The summed E-state index contributed by atoms with van der Waals surface area (Å²) in [6, 6.07) is 1.95. The third-order valence-corrected chi connectivity index (χ3v) is 4.50. The maximum Gasteiger partial charge on any atom is 0.246 e. The Morgan fingerprint density at radius 3 is 3.07 bits per heavy atom. The predicted molar refractivity (Wildman–Crippen MR) is 62.3 cm³/mol. The summed E-state index contributed by atoms with van der Waals surface area (Å²) >= 11 is 3.13. The molecule has 4 nitrogen and oxygen atoms in total. The molecule has 2 heterocycles. The maximum absolute atomic E-state index is 11.6. The van der Waals surface area contributed by atoms with E-state index in [0.717, 1.165) is 22.4 Å². The second-order valence-electron chi connectivity index (χ2n) is 3.72. The number of nitrogens with one attached hydrogen (secondary N) is 1. The number of thiophene rings is 1. The SMILES string of the molecule is NC1(C(=O)Nc2nc3ccsc3s2)CC1. The van der Waals surface area contributed by atoms with Crippen molar-refractivity contribution < 1.29 is 4.79 Å². The van der Waals surface area contributed by atoms with Gasteiger partial charge in [-0.15, -0.1) is 11.3 Å². The van der Waals surface area contributed by atoms with Crippen molar-refractivity contribution in [3.8, 4) is 0 Å². The molecule has 6 heteroatoms. The molecule has 0 bridgehead atoms. The monoisotopic (exact) mass is 239 g/mol. The Kier molecular flexibility index (Phi) is 1.86. The first-order valence-electron chi connectivity index (χ1n) is 4.62. The summed E-state index contributed by atoms with van der Waals surface area (Å²) in [6.45, 7) is 0. The smallest absolute Gasteiger partial charge is 0.246 e. The molecule has 0 saturated heterocycles. The zero-order valence-electron chi connectivity index (χ0n) is 7.82. The molecular weight excluding hydrogens is 230 g/mol. The van der Waals surface area contributed by atoms with E-state index in [4.69, 9.17) is 5.73 Å². The number of nitrogens with two attached hydrogens (primary N) is 1. The van der Waals surface area contributed by atoms with E-state index in [-0.39, 0.29) is 5.91 Å². The van der Waals surface area contributed by atoms with Gasteiger partial charge in [0.25, 0.3) is 0 Å². The fourth-order valence-corrected chi connectivity index (χ4v) is 3.14. The van der Waals surface area contributed by atoms with Crippen LogP contribution < -0.4 is 11.1 Å². The van der Waals surface area contributed by atoms with Crippen LogP contribution in [0.1, 0.15) is 12.8 Å². The lowest BCUT2D eigenvalue weighted by Crippen LogP contribution is -2.37. The van der Waals surface area contributed by atoms with E-state index in [0.29, 0.717) is 5.13 Å². The van der Waals surface area contributed by atoms with Gasteiger partial charge in [-0.1, -0.05) is 11.3 Å². The van der Waals surface area contributed by atoms with Gasteiger partial charge in [-0.05, 0) is 24.3 Å². The minimum absolute atomic E-state index is 0.107. The summed E-state index contributed by atoms with van der Waals surface area (Å²) in [7, 11) is 0. The molecule has 0 aromatic carbocycles. The number of amides is 1. The number of rotatable bonds is 2. The van der Waals surface area contributed by atoms with Crippen LogP contribution in [0.25, 0.3) is 9.53 Å². The Hall–Kier alpha value is -0.980. The van der Waals surface area contributed by atoms with Gasteiger partial charge in [0, 0.05) is 0 Å². The molecule has 0 atom stereocenters. The van der Waals surface area contributed by atoms with Crippen LogP contribution >= 0.6 is 22.7 Å². The largest absolute Gasteiger partial charge is 0.317 e. The van der Waals surface area contributed by atoms with Crippen LogP contribution in [0.4, 0.5) is 5.13 Å². The van der Waals surface area contributed by atoms with Gasteiger partial charge in [0.2, 0.25) is 5.91 Å². The first kappa shape index (κ1) is 9.26. The topological polar surface area (TPSA) is 68.0 Å². The minimum atomic E-state index is -0.626. The van der Waals surface area contributed by atoms with Gasteiger partial charge in [-0.25, -0.2) is 4.98 Å². The van der Waals surface area contributed by atoms with E-state index in [1.165, 1.54) is 11.3 Å². The molecule has 78 valence electrons. The molecule has 0 aliphatic heterocycles. The van der Waals surface area contributed by atoms with Crippen molar-refractivity contribution in [1.82, 2.24) is 4.98 Å². The van der Waals surface area contributed by atoms with Crippen molar-refractivity contribution >= 4 is 43.2 Å². The average Bonchev–Trinajstić information content (AvgIpc) is 2.64. The second kappa shape index (κ2) is 3.01. The molecule has 0 radical (unpaired) electrons. The molecule has 1 fully saturated rings. The average molecular weight is 239 g/mol. The summed E-state index contributed by atoms with van der Waals surface area (Å²) in [6.07, 6.45) is 1.55. The van der Waals surface area contributed by atoms with Crippen LogP contribution in [0.3, 0.4) is 0 Å². The van der Waals surface area contributed by atoms with Gasteiger partial charge >= 0.3 is 0 Å². The highest BCUT2D eigenvalue weighted by Gasteiger charge is 2.46. The Balaban J connectivity index is 1.83. The quantitative estimate of drug-likeness (QED) is 0.839. The summed E-state index contributed by atoms with van der Waals surface area (Å²) in [5.41, 5.74) is 6.10. The molecule has 1 amide bonds. The van der Waals surface area contributed by atoms with Gasteiger partial charge in [0.05, 0.1) is 11.1 Å². The van der Waals surface area contributed by atoms with Crippen LogP contribution in [0.5, 0.6) is 0 Å². The highest BCUT2D eigenvalue weighted by molar-refractivity contribution is 7.39. The number of anilines is 1. The Labute approximate surface area is 94.1 Å². The van der Waals surface area contributed by atoms with Crippen molar-refractivity contribution in [2.24, 2.45) is 5.73 Å². The molecular formula is C9H9N3OS2. The molecule has 1 aliphatic rings. The molecule has 1 aliphatic carbocycles. The van der Waals surface area contributed by atoms with Gasteiger partial charge < -0.3 is 11.1 Å². The van der Waals surface area contributed by atoms with E-state index < -0.39 is 5.54 Å². The number of hydrogen-bond acceptors (Lipinski definition) is 5. The van der Waals surface area contributed by atoms with Crippen molar-refractivity contribution in [2.75, 3.05) is 5.32 Å². The number of hydrogen-bond donors (Lipinski definition) is 2. The van der Waals surface area contributed by atoms with Crippen LogP contribution in [-0.2, 0) is 4.79 Å². The summed E-state index contributed by atoms with van der Waals surface area (Å²) < 4.78 is 1.13. The molecule has 1 saturated carbocycles. The second-order valence-corrected chi connectivity index (χ2v) is 5.90. The molecule has 2 aromatic rings. The Bertz CT molecular complexity index is 498. The highest BCUT2D eigenvalue weighted by Crippen LogP contribution is 2.35. The highest BCUT2D eigenvalue weighted by atomic mass is 32.2. The Morgan fingerprint density at radius 1 is 1.60 bits per heavy atom. The molecule has 3 N–H and O–H groups in total. The predicted octanol–water partition coefficient (Wildman–Crippen LogP) is 1.79. The van der Waals surface area contributed by atoms with Crippen LogP contribution in [0.2, 0.25) is 0 Å². The maximum atomic E-state index is 11.6. The van der Waals surface area contributed by atoms with Gasteiger partial charge in [0.15, 0.2) is 5.13 Å². The number of fused-ring (bicyclic) bond motifs is 1. The van der Waals surface area contributed by atoms with Gasteiger partial charge in [-0.2, -0.15) is 0 Å². The van der Waals surface area contributed by atoms with Crippen LogP contribution in [0, 0.1) is 0 Å². The summed E-state index contributed by atoms with van der Waals surface area (Å²) in [4.78, 5) is 15.9. The van der Waals surface area contributed by atoms with E-state index in [9.17, 15) is 4.79 Å². The number of carbonyl (C=O) groups is 1. The normalized spacial score (nSPS) is 17.9. The number of thiazole rings is 1. The summed E-state index contributed by atoms with van der Waals surface area (Å²) in [5, 5.41) is 5.41. The van der Waals surface area contributed by atoms with Crippen LogP contribution in [0.15, 0.2) is 11.4 Å². The third-order valence-electron chi connectivity index (χ3n) is 2.48. The van der Waals surface area contributed by atoms with E-state index in [2.05, 4.69) is 10.3 Å². The Morgan fingerprint density at radius 2 is 2.40 bits per heavy atom. The third kappa shape index (κ3) is 1.54. The molecule has 15 heavy (non-hydrogen) atoms. The van der Waals surface area contributed by atoms with Crippen LogP contribution in [-0.4, -0.2) is 16.4 Å². The van der Waals surface area contributed by atoms with E-state index in [1.807, 2.05) is 11.4 Å². The molecule has 0 spiro atoms. The molecule has 2 aromatic heterocycles. The van der Waals surface area contributed by atoms with Gasteiger partial charge in [0.1, 0.15) is 4.01 Å². The first-order chi connectivity index (χ1) is 7.17. The standard InChI is InChI=1S/C9H9N3OS2/c10-9(2-3-9)7(13)12-8-11-5-1-4-14-6(5)15-8/h1,4H,2-3,10H2,(H,11,12,13). The molecule has 0 unspecified atom stereocenters. The van der Waals surface area contributed by atoms with Gasteiger partial charge in [-0.3, -0.25) is 4.79 Å². The van der Waals surface area contributed by atoms with E-state index in [1.54, 1.807) is 11.3 Å². The van der Waals surface area contributed by atoms with Crippen molar-refractivity contribution in [2.45, 2.75) is 18.4 Å². The van der Waals surface area contributed by atoms with Crippen molar-refractivity contribution in [3.05, 3.63) is 11.4 Å². The lowest BCUT2D eigenvalue weighted by atomic mass is 10.3. The fraction of sp³-hybridized carbons (Fsp3) is 0.333. The van der Waals surface area contributed by atoms with Crippen molar-refractivity contribution in [3.63, 3.8) is 0 Å². The zero-order valence-corrected chi connectivity index (χ0v) is 9.45. The van der Waals surface area contributed by atoms with E-state index >= 15 is 0 Å². The fourth-order valence-electron chi connectivity index (χ4n) is 1.30. The lowest BCUT2D eigenvalue weighted by molar-refractivity contribution is -0.118. The van der Waals surface area contributed by atoms with Crippen molar-refractivity contribution in [1.29, 1.82) is 0 Å². The minimum Gasteiger partial charge on any atom is -0.317 e. The lowest BCUT2D eigenvalue weighted by Gasteiger charge is -2.06. The summed E-state index contributed by atoms with van der Waals surface area (Å²) in [5.74, 6) is -0.107.